The number of ketones is 1. The average Bonchev–Trinajstić information content (AvgIpc) is 2.47. The summed E-state index contributed by atoms with van der Waals surface area (Å²) in [6, 6.07) is 0. The van der Waals surface area contributed by atoms with Gasteiger partial charge in [0.1, 0.15) is 0 Å². The van der Waals surface area contributed by atoms with Gasteiger partial charge in [-0.1, -0.05) is 24.6 Å². The van der Waals surface area contributed by atoms with Crippen molar-refractivity contribution in [1.29, 1.82) is 0 Å². The van der Waals surface area contributed by atoms with E-state index in [4.69, 9.17) is 0 Å². The van der Waals surface area contributed by atoms with E-state index in [0.29, 0.717) is 5.78 Å². The summed E-state index contributed by atoms with van der Waals surface area (Å²) in [6.07, 6.45) is 7.85. The molecule has 0 saturated heterocycles. The summed E-state index contributed by atoms with van der Waals surface area (Å²) < 4.78 is 0. The highest BCUT2D eigenvalue weighted by Crippen LogP contribution is 2.18. The van der Waals surface area contributed by atoms with Gasteiger partial charge in [-0.25, -0.2) is 0 Å². The maximum absolute atomic E-state index is 11.2. The van der Waals surface area contributed by atoms with Crippen LogP contribution in [0.2, 0.25) is 0 Å². The van der Waals surface area contributed by atoms with Gasteiger partial charge in [0.2, 0.25) is 0 Å². The summed E-state index contributed by atoms with van der Waals surface area (Å²) >= 11 is 0. The second-order valence-electron chi connectivity index (χ2n) is 3.30. The molecule has 0 N–H and O–H groups in total. The zero-order valence-electron chi connectivity index (χ0n) is 7.89. The maximum Gasteiger partial charge on any atom is 0.159 e. The largest absolute Gasteiger partial charge is 0.295 e. The van der Waals surface area contributed by atoms with Crippen LogP contribution in [0.5, 0.6) is 0 Å². The minimum atomic E-state index is 0.343. The van der Waals surface area contributed by atoms with E-state index >= 15 is 0 Å². The van der Waals surface area contributed by atoms with E-state index in [0.717, 1.165) is 31.3 Å². The standard InChI is InChI=1S/C11H16O/c1-3-9(2)7-8-10-5-4-6-11(10)12/h5,7H,3-4,6,8H2,1-2H3/b9-7-. The fourth-order valence-electron chi connectivity index (χ4n) is 1.28. The summed E-state index contributed by atoms with van der Waals surface area (Å²) in [5.74, 6) is 0.343. The predicted octanol–water partition coefficient (Wildman–Crippen LogP) is 3.02. The molecule has 12 heavy (non-hydrogen) atoms. The van der Waals surface area contributed by atoms with Crippen molar-refractivity contribution >= 4 is 5.78 Å². The fraction of sp³-hybridized carbons (Fsp3) is 0.545. The second-order valence-corrected chi connectivity index (χ2v) is 3.30. The number of carbonyl (C=O) groups excluding carboxylic acids is 1. The third kappa shape index (κ3) is 2.33. The Hall–Kier alpha value is -0.850. The Balaban J connectivity index is 2.47. The Morgan fingerprint density at radius 2 is 2.42 bits per heavy atom. The molecule has 0 amide bonds. The number of hydrogen-bond donors (Lipinski definition) is 0. The SMILES string of the molecule is CC/C(C)=C\CC1=CCCC1=O. The molecule has 0 bridgehead atoms. The van der Waals surface area contributed by atoms with Gasteiger partial charge in [-0.3, -0.25) is 4.79 Å². The van der Waals surface area contributed by atoms with Gasteiger partial charge in [0.25, 0.3) is 0 Å². The zero-order valence-corrected chi connectivity index (χ0v) is 7.89. The lowest BCUT2D eigenvalue weighted by molar-refractivity contribution is -0.114. The van der Waals surface area contributed by atoms with Crippen LogP contribution in [-0.4, -0.2) is 5.78 Å². The van der Waals surface area contributed by atoms with Crippen molar-refractivity contribution in [2.45, 2.75) is 39.5 Å². The number of allylic oxidation sites excluding steroid dienone is 4. The monoisotopic (exact) mass is 164 g/mol. The van der Waals surface area contributed by atoms with E-state index in [-0.39, 0.29) is 0 Å². The molecule has 1 aliphatic rings. The van der Waals surface area contributed by atoms with Crippen molar-refractivity contribution in [2.24, 2.45) is 0 Å². The van der Waals surface area contributed by atoms with Gasteiger partial charge in [0.05, 0.1) is 0 Å². The van der Waals surface area contributed by atoms with Gasteiger partial charge in [0.15, 0.2) is 5.78 Å². The normalized spacial score (nSPS) is 18.3. The minimum Gasteiger partial charge on any atom is -0.295 e. The first kappa shape index (κ1) is 9.24. The molecule has 0 radical (unpaired) electrons. The molecule has 1 aliphatic carbocycles. The lowest BCUT2D eigenvalue weighted by Crippen LogP contribution is -1.93. The Morgan fingerprint density at radius 3 is 2.92 bits per heavy atom. The molecule has 0 aromatic heterocycles. The van der Waals surface area contributed by atoms with E-state index < -0.39 is 0 Å². The highest BCUT2D eigenvalue weighted by Gasteiger charge is 2.12. The molecule has 0 aliphatic heterocycles. The number of rotatable bonds is 3. The topological polar surface area (TPSA) is 17.1 Å². The van der Waals surface area contributed by atoms with Crippen molar-refractivity contribution in [3.8, 4) is 0 Å². The zero-order chi connectivity index (χ0) is 8.97. The summed E-state index contributed by atoms with van der Waals surface area (Å²) in [6.45, 7) is 4.25. The van der Waals surface area contributed by atoms with E-state index in [2.05, 4.69) is 26.0 Å². The highest BCUT2D eigenvalue weighted by atomic mass is 16.1. The molecule has 0 aromatic rings. The fourth-order valence-corrected chi connectivity index (χ4v) is 1.28. The maximum atomic E-state index is 11.2. The van der Waals surface area contributed by atoms with E-state index in [1.54, 1.807) is 0 Å². The molecule has 0 heterocycles. The minimum absolute atomic E-state index is 0.343. The van der Waals surface area contributed by atoms with Crippen LogP contribution in [0.4, 0.5) is 0 Å². The van der Waals surface area contributed by atoms with Crippen LogP contribution < -0.4 is 0 Å². The molecular formula is C11H16O. The molecule has 0 saturated carbocycles. The van der Waals surface area contributed by atoms with Crippen LogP contribution >= 0.6 is 0 Å². The van der Waals surface area contributed by atoms with E-state index in [1.807, 2.05) is 0 Å². The smallest absolute Gasteiger partial charge is 0.159 e. The molecule has 1 heteroatoms. The summed E-state index contributed by atoms with van der Waals surface area (Å²) in [5.41, 5.74) is 2.39. The lowest BCUT2D eigenvalue weighted by atomic mass is 10.1. The first-order valence-corrected chi connectivity index (χ1v) is 4.62. The van der Waals surface area contributed by atoms with E-state index in [9.17, 15) is 4.79 Å². The Kier molecular flexibility index (Phi) is 3.27. The van der Waals surface area contributed by atoms with Gasteiger partial charge in [-0.15, -0.1) is 0 Å². The van der Waals surface area contributed by atoms with Crippen LogP contribution in [-0.2, 0) is 4.79 Å². The number of Topliss-reactive ketones (excluding diaryl/α,β-unsaturated/α-hetero) is 1. The molecular weight excluding hydrogens is 148 g/mol. The van der Waals surface area contributed by atoms with Gasteiger partial charge >= 0.3 is 0 Å². The third-order valence-corrected chi connectivity index (χ3v) is 2.35. The lowest BCUT2D eigenvalue weighted by Gasteiger charge is -1.96. The molecule has 66 valence electrons. The predicted molar refractivity (Wildman–Crippen MR) is 51.0 cm³/mol. The molecule has 1 rings (SSSR count). The van der Waals surface area contributed by atoms with Crippen molar-refractivity contribution in [3.05, 3.63) is 23.3 Å². The van der Waals surface area contributed by atoms with Crippen LogP contribution in [0, 0.1) is 0 Å². The highest BCUT2D eigenvalue weighted by molar-refractivity contribution is 5.97. The van der Waals surface area contributed by atoms with Gasteiger partial charge in [0, 0.05) is 6.42 Å². The van der Waals surface area contributed by atoms with Crippen molar-refractivity contribution in [3.63, 3.8) is 0 Å². The van der Waals surface area contributed by atoms with Crippen LogP contribution in [0.25, 0.3) is 0 Å². The Labute approximate surface area is 74.2 Å². The average molecular weight is 164 g/mol. The van der Waals surface area contributed by atoms with Crippen LogP contribution in [0.1, 0.15) is 39.5 Å². The van der Waals surface area contributed by atoms with Crippen molar-refractivity contribution in [2.75, 3.05) is 0 Å². The van der Waals surface area contributed by atoms with Gasteiger partial charge in [-0.2, -0.15) is 0 Å². The van der Waals surface area contributed by atoms with Crippen LogP contribution in [0.15, 0.2) is 23.3 Å². The summed E-state index contributed by atoms with van der Waals surface area (Å²) in [4.78, 5) is 11.2. The first-order valence-electron chi connectivity index (χ1n) is 4.62. The molecule has 0 fully saturated rings. The van der Waals surface area contributed by atoms with Crippen molar-refractivity contribution < 1.29 is 4.79 Å². The third-order valence-electron chi connectivity index (χ3n) is 2.35. The Morgan fingerprint density at radius 1 is 1.67 bits per heavy atom. The molecule has 0 spiro atoms. The van der Waals surface area contributed by atoms with Crippen LogP contribution in [0.3, 0.4) is 0 Å². The number of carbonyl (C=O) groups is 1. The summed E-state index contributed by atoms with van der Waals surface area (Å²) in [5, 5.41) is 0. The van der Waals surface area contributed by atoms with Crippen molar-refractivity contribution in [1.82, 2.24) is 0 Å². The molecule has 1 nitrogen and oxygen atoms in total. The summed E-state index contributed by atoms with van der Waals surface area (Å²) in [7, 11) is 0. The second kappa shape index (κ2) is 4.24. The van der Waals surface area contributed by atoms with Gasteiger partial charge in [-0.05, 0) is 31.8 Å². The number of hydrogen-bond acceptors (Lipinski definition) is 1. The quantitative estimate of drug-likeness (QED) is 0.586. The van der Waals surface area contributed by atoms with Gasteiger partial charge < -0.3 is 0 Å². The first-order chi connectivity index (χ1) is 5.74. The van der Waals surface area contributed by atoms with E-state index in [1.165, 1.54) is 5.57 Å². The Bertz CT molecular complexity index is 233. The molecule has 0 aromatic carbocycles. The molecule has 0 unspecified atom stereocenters. The molecule has 0 atom stereocenters.